The summed E-state index contributed by atoms with van der Waals surface area (Å²) in [6.45, 7) is 1.30. The molecule has 24 heavy (non-hydrogen) atoms. The molecule has 0 saturated carbocycles. The van der Waals surface area contributed by atoms with Crippen molar-refractivity contribution < 1.29 is 23.8 Å². The number of ether oxygens (including phenoxy) is 3. The zero-order chi connectivity index (χ0) is 17.6. The molecule has 1 aliphatic heterocycles. The molecule has 1 aromatic heterocycles. The first-order chi connectivity index (χ1) is 11.5. The average Bonchev–Trinajstić information content (AvgIpc) is 2.61. The molecule has 8 nitrogen and oxygen atoms in total. The van der Waals surface area contributed by atoms with Gasteiger partial charge < -0.3 is 24.4 Å². The van der Waals surface area contributed by atoms with Gasteiger partial charge >= 0.3 is 0 Å². The first-order valence-corrected chi connectivity index (χ1v) is 7.66. The largest absolute Gasteiger partial charge is 0.481 e. The molecule has 1 N–H and O–H groups in total. The zero-order valence-electron chi connectivity index (χ0n) is 14.2. The average molecular weight is 337 g/mol. The summed E-state index contributed by atoms with van der Waals surface area (Å²) in [5, 5.41) is 2.58. The minimum atomic E-state index is -0.845. The van der Waals surface area contributed by atoms with Crippen LogP contribution in [0.1, 0.15) is 16.8 Å². The lowest BCUT2D eigenvalue weighted by molar-refractivity contribution is -0.150. The molecule has 0 radical (unpaired) electrons. The summed E-state index contributed by atoms with van der Waals surface area (Å²) in [4.78, 5) is 30.2. The summed E-state index contributed by atoms with van der Waals surface area (Å²) < 4.78 is 16.0. The SMILES string of the molecule is CNC(=O)CC1(COC)CN(C(=O)c2ccc(OC)nc2)CCO1. The van der Waals surface area contributed by atoms with E-state index in [2.05, 4.69) is 10.3 Å². The van der Waals surface area contributed by atoms with Crippen molar-refractivity contribution in [2.45, 2.75) is 12.0 Å². The number of methoxy groups -OCH3 is 2. The number of nitrogens with zero attached hydrogens (tertiary/aromatic N) is 2. The van der Waals surface area contributed by atoms with Gasteiger partial charge in [0.15, 0.2) is 0 Å². The number of carbonyl (C=O) groups is 2. The molecule has 2 heterocycles. The maximum Gasteiger partial charge on any atom is 0.255 e. The number of nitrogens with one attached hydrogen (secondary N) is 1. The summed E-state index contributed by atoms with van der Waals surface area (Å²) in [5.41, 5.74) is -0.383. The third-order valence-electron chi connectivity index (χ3n) is 3.90. The van der Waals surface area contributed by atoms with E-state index in [4.69, 9.17) is 14.2 Å². The normalized spacial score (nSPS) is 20.5. The van der Waals surface area contributed by atoms with E-state index in [0.717, 1.165) is 0 Å². The molecular weight excluding hydrogens is 314 g/mol. The highest BCUT2D eigenvalue weighted by Crippen LogP contribution is 2.24. The van der Waals surface area contributed by atoms with Crippen LogP contribution in [0.15, 0.2) is 18.3 Å². The van der Waals surface area contributed by atoms with Crippen LogP contribution in [-0.4, -0.2) is 74.9 Å². The van der Waals surface area contributed by atoms with Crippen LogP contribution in [0.5, 0.6) is 5.88 Å². The van der Waals surface area contributed by atoms with E-state index < -0.39 is 5.60 Å². The van der Waals surface area contributed by atoms with E-state index in [1.807, 2.05) is 0 Å². The van der Waals surface area contributed by atoms with Gasteiger partial charge in [0.05, 0.1) is 38.9 Å². The summed E-state index contributed by atoms with van der Waals surface area (Å²) in [6, 6.07) is 3.31. The molecule has 1 aliphatic rings. The molecule has 8 heteroatoms. The second-order valence-electron chi connectivity index (χ2n) is 5.63. The highest BCUT2D eigenvalue weighted by molar-refractivity contribution is 5.94. The highest BCUT2D eigenvalue weighted by atomic mass is 16.5. The van der Waals surface area contributed by atoms with Crippen molar-refractivity contribution >= 4 is 11.8 Å². The molecule has 1 atom stereocenters. The predicted octanol–water partition coefficient (Wildman–Crippen LogP) is 0.0839. The monoisotopic (exact) mass is 337 g/mol. The van der Waals surface area contributed by atoms with Crippen LogP contribution in [-0.2, 0) is 14.3 Å². The van der Waals surface area contributed by atoms with Crippen molar-refractivity contribution in [2.24, 2.45) is 0 Å². The van der Waals surface area contributed by atoms with Crippen LogP contribution >= 0.6 is 0 Å². The first kappa shape index (κ1) is 18.2. The van der Waals surface area contributed by atoms with E-state index in [9.17, 15) is 9.59 Å². The highest BCUT2D eigenvalue weighted by Gasteiger charge is 2.40. The van der Waals surface area contributed by atoms with Gasteiger partial charge in [0.1, 0.15) is 5.60 Å². The van der Waals surface area contributed by atoms with Crippen molar-refractivity contribution in [2.75, 3.05) is 47.6 Å². The number of pyridine rings is 1. The van der Waals surface area contributed by atoms with Gasteiger partial charge in [-0.2, -0.15) is 0 Å². The summed E-state index contributed by atoms with van der Waals surface area (Å²) in [5.74, 6) is 0.125. The van der Waals surface area contributed by atoms with Gasteiger partial charge in [0, 0.05) is 33.0 Å². The van der Waals surface area contributed by atoms with E-state index in [1.54, 1.807) is 31.2 Å². The molecule has 0 aliphatic carbocycles. The zero-order valence-corrected chi connectivity index (χ0v) is 14.2. The number of morpholine rings is 1. The minimum Gasteiger partial charge on any atom is -0.481 e. The number of carbonyl (C=O) groups excluding carboxylic acids is 2. The third-order valence-corrected chi connectivity index (χ3v) is 3.90. The summed E-state index contributed by atoms with van der Waals surface area (Å²) in [6.07, 6.45) is 1.61. The molecule has 2 amide bonds. The van der Waals surface area contributed by atoms with Gasteiger partial charge in [-0.25, -0.2) is 4.98 Å². The number of aromatic nitrogens is 1. The molecule has 1 aromatic rings. The lowest BCUT2D eigenvalue weighted by atomic mass is 9.97. The lowest BCUT2D eigenvalue weighted by Crippen LogP contribution is -2.57. The second-order valence-corrected chi connectivity index (χ2v) is 5.63. The van der Waals surface area contributed by atoms with Gasteiger partial charge in [0.2, 0.25) is 11.8 Å². The Kier molecular flexibility index (Phi) is 6.10. The van der Waals surface area contributed by atoms with E-state index >= 15 is 0 Å². The molecule has 1 fully saturated rings. The van der Waals surface area contributed by atoms with Gasteiger partial charge in [-0.15, -0.1) is 0 Å². The molecule has 0 spiro atoms. The fraction of sp³-hybridized carbons (Fsp3) is 0.562. The van der Waals surface area contributed by atoms with Crippen molar-refractivity contribution in [3.05, 3.63) is 23.9 Å². The van der Waals surface area contributed by atoms with Crippen molar-refractivity contribution in [1.29, 1.82) is 0 Å². The summed E-state index contributed by atoms with van der Waals surface area (Å²) >= 11 is 0. The Morgan fingerprint density at radius 2 is 2.21 bits per heavy atom. The molecular formula is C16H23N3O5. The van der Waals surface area contributed by atoms with Crippen molar-refractivity contribution in [3.8, 4) is 5.88 Å². The van der Waals surface area contributed by atoms with Gasteiger partial charge in [-0.1, -0.05) is 0 Å². The number of hydrogen-bond acceptors (Lipinski definition) is 6. The lowest BCUT2D eigenvalue weighted by Gasteiger charge is -2.42. The topological polar surface area (TPSA) is 90.0 Å². The van der Waals surface area contributed by atoms with Crippen LogP contribution < -0.4 is 10.1 Å². The van der Waals surface area contributed by atoms with Crippen LogP contribution in [0.25, 0.3) is 0 Å². The Morgan fingerprint density at radius 3 is 2.79 bits per heavy atom. The van der Waals surface area contributed by atoms with Crippen LogP contribution in [0.4, 0.5) is 0 Å². The maximum absolute atomic E-state index is 12.7. The third kappa shape index (κ3) is 4.21. The molecule has 0 aromatic carbocycles. The van der Waals surface area contributed by atoms with Gasteiger partial charge in [-0.3, -0.25) is 9.59 Å². The van der Waals surface area contributed by atoms with Crippen molar-refractivity contribution in [3.63, 3.8) is 0 Å². The molecule has 132 valence electrons. The smallest absolute Gasteiger partial charge is 0.255 e. The van der Waals surface area contributed by atoms with Crippen molar-refractivity contribution in [1.82, 2.24) is 15.2 Å². The predicted molar refractivity (Wildman–Crippen MR) is 85.9 cm³/mol. The van der Waals surface area contributed by atoms with Crippen LogP contribution in [0, 0.1) is 0 Å². The Bertz CT molecular complexity index is 574. The second kappa shape index (κ2) is 8.07. The van der Waals surface area contributed by atoms with Crippen LogP contribution in [0.3, 0.4) is 0 Å². The van der Waals surface area contributed by atoms with E-state index in [0.29, 0.717) is 24.6 Å². The molecule has 2 rings (SSSR count). The number of amides is 2. The Morgan fingerprint density at radius 1 is 1.42 bits per heavy atom. The van der Waals surface area contributed by atoms with Gasteiger partial charge in [-0.05, 0) is 6.07 Å². The Balaban J connectivity index is 2.14. The first-order valence-electron chi connectivity index (χ1n) is 7.66. The number of rotatable bonds is 6. The van der Waals surface area contributed by atoms with Gasteiger partial charge in [0.25, 0.3) is 5.91 Å². The van der Waals surface area contributed by atoms with E-state index in [1.165, 1.54) is 13.3 Å². The quantitative estimate of drug-likeness (QED) is 0.791. The summed E-state index contributed by atoms with van der Waals surface area (Å²) in [7, 11) is 4.63. The fourth-order valence-corrected chi connectivity index (χ4v) is 2.72. The maximum atomic E-state index is 12.7. The number of hydrogen-bond donors (Lipinski definition) is 1. The fourth-order valence-electron chi connectivity index (χ4n) is 2.72. The Hall–Kier alpha value is -2.19. The van der Waals surface area contributed by atoms with Crippen LogP contribution in [0.2, 0.25) is 0 Å². The molecule has 1 saturated heterocycles. The standard InChI is InChI=1S/C16H23N3O5/c1-17-13(20)8-16(11-22-2)10-19(6-7-24-16)15(21)12-4-5-14(23-3)18-9-12/h4-5,9H,6-8,10-11H2,1-3H3,(H,17,20). The minimum absolute atomic E-state index is 0.127. The molecule has 1 unspecified atom stereocenters. The Labute approximate surface area is 141 Å². The van der Waals surface area contributed by atoms with E-state index in [-0.39, 0.29) is 31.4 Å². The molecule has 0 bridgehead atoms.